The smallest absolute Gasteiger partial charge is 0.0826 e. The van der Waals surface area contributed by atoms with Gasteiger partial charge in [-0.2, -0.15) is 5.26 Å². The van der Waals surface area contributed by atoms with E-state index in [-0.39, 0.29) is 5.92 Å². The van der Waals surface area contributed by atoms with Crippen LogP contribution >= 0.6 is 0 Å². The molecule has 0 bridgehead atoms. The minimum Gasteiger partial charge on any atom is -0.374 e. The van der Waals surface area contributed by atoms with Crippen LogP contribution in [0.3, 0.4) is 0 Å². The molecular formula is C13H23N3O. The lowest BCUT2D eigenvalue weighted by atomic mass is 10.1. The molecule has 1 aliphatic heterocycles. The maximum absolute atomic E-state index is 9.02. The molecule has 0 aromatic carbocycles. The molecule has 4 nitrogen and oxygen atoms in total. The third-order valence-corrected chi connectivity index (χ3v) is 3.96. The number of rotatable bonds is 4. The predicted molar refractivity (Wildman–Crippen MR) is 66.6 cm³/mol. The zero-order chi connectivity index (χ0) is 12.1. The van der Waals surface area contributed by atoms with Crippen molar-refractivity contribution in [2.24, 2.45) is 5.92 Å². The fourth-order valence-electron chi connectivity index (χ4n) is 2.83. The normalized spacial score (nSPS) is 34.7. The lowest BCUT2D eigenvalue weighted by Crippen LogP contribution is -2.48. The van der Waals surface area contributed by atoms with Crippen molar-refractivity contribution in [2.75, 3.05) is 32.8 Å². The summed E-state index contributed by atoms with van der Waals surface area (Å²) < 4.78 is 5.75. The van der Waals surface area contributed by atoms with Crippen molar-refractivity contribution < 1.29 is 4.74 Å². The molecule has 3 atom stereocenters. The first-order valence-electron chi connectivity index (χ1n) is 6.80. The number of nitriles is 1. The molecule has 1 N–H and O–H groups in total. The lowest BCUT2D eigenvalue weighted by molar-refractivity contribution is -0.0265. The van der Waals surface area contributed by atoms with E-state index in [1.165, 1.54) is 6.42 Å². The Labute approximate surface area is 104 Å². The molecule has 0 radical (unpaired) electrons. The van der Waals surface area contributed by atoms with Gasteiger partial charge < -0.3 is 10.1 Å². The summed E-state index contributed by atoms with van der Waals surface area (Å²) in [5, 5.41) is 12.5. The second-order valence-corrected chi connectivity index (χ2v) is 5.07. The van der Waals surface area contributed by atoms with Gasteiger partial charge in [-0.25, -0.2) is 0 Å². The molecule has 1 saturated carbocycles. The molecule has 17 heavy (non-hydrogen) atoms. The predicted octanol–water partition coefficient (Wildman–Crippen LogP) is 0.989. The van der Waals surface area contributed by atoms with Crippen LogP contribution in [0.4, 0.5) is 0 Å². The van der Waals surface area contributed by atoms with Crippen molar-refractivity contribution >= 4 is 0 Å². The maximum Gasteiger partial charge on any atom is 0.0826 e. The fraction of sp³-hybridized carbons (Fsp3) is 0.923. The molecule has 1 heterocycles. The minimum atomic E-state index is 0.209. The van der Waals surface area contributed by atoms with E-state index in [4.69, 9.17) is 10.00 Å². The van der Waals surface area contributed by atoms with Gasteiger partial charge in [-0.15, -0.1) is 0 Å². The summed E-state index contributed by atoms with van der Waals surface area (Å²) in [4.78, 5) is 2.42. The van der Waals surface area contributed by atoms with E-state index < -0.39 is 0 Å². The number of hydrogen-bond acceptors (Lipinski definition) is 4. The number of hydrogen-bond donors (Lipinski definition) is 1. The van der Waals surface area contributed by atoms with Gasteiger partial charge in [0.05, 0.1) is 24.7 Å². The Morgan fingerprint density at radius 1 is 1.47 bits per heavy atom. The van der Waals surface area contributed by atoms with Crippen LogP contribution in [0, 0.1) is 17.2 Å². The number of morpholine rings is 1. The van der Waals surface area contributed by atoms with Gasteiger partial charge in [-0.1, -0.05) is 13.3 Å². The van der Waals surface area contributed by atoms with Gasteiger partial charge in [0.1, 0.15) is 0 Å². The van der Waals surface area contributed by atoms with Crippen LogP contribution in [-0.2, 0) is 4.74 Å². The fourth-order valence-corrected chi connectivity index (χ4v) is 2.83. The Bertz CT molecular complexity index is 276. The number of ether oxygens (including phenoxy) is 1. The topological polar surface area (TPSA) is 48.3 Å². The van der Waals surface area contributed by atoms with Crippen molar-refractivity contribution in [3.05, 3.63) is 0 Å². The molecule has 2 rings (SSSR count). The highest BCUT2D eigenvalue weighted by Gasteiger charge is 2.28. The van der Waals surface area contributed by atoms with E-state index in [1.54, 1.807) is 0 Å². The van der Waals surface area contributed by atoms with Crippen LogP contribution in [0.25, 0.3) is 0 Å². The third kappa shape index (κ3) is 3.41. The summed E-state index contributed by atoms with van der Waals surface area (Å²) in [5.41, 5.74) is 0. The second-order valence-electron chi connectivity index (χ2n) is 5.07. The van der Waals surface area contributed by atoms with Gasteiger partial charge in [-0.3, -0.25) is 4.90 Å². The Kier molecular flexibility index (Phi) is 4.78. The van der Waals surface area contributed by atoms with Crippen molar-refractivity contribution in [1.82, 2.24) is 10.2 Å². The van der Waals surface area contributed by atoms with E-state index in [0.717, 1.165) is 45.6 Å². The van der Waals surface area contributed by atoms with E-state index in [1.807, 2.05) is 0 Å². The highest BCUT2D eigenvalue weighted by Crippen LogP contribution is 2.24. The quantitative estimate of drug-likeness (QED) is 0.792. The minimum absolute atomic E-state index is 0.209. The molecule has 2 fully saturated rings. The molecule has 0 aromatic rings. The molecule has 0 spiro atoms. The summed E-state index contributed by atoms with van der Waals surface area (Å²) in [5.74, 6) is 0.209. The summed E-state index contributed by atoms with van der Waals surface area (Å²) in [6.07, 6.45) is 3.68. The average Bonchev–Trinajstić information content (AvgIpc) is 2.84. The number of likely N-dealkylation sites (N-methyl/N-ethyl adjacent to an activating group) is 1. The van der Waals surface area contributed by atoms with E-state index in [0.29, 0.717) is 12.1 Å². The monoisotopic (exact) mass is 237 g/mol. The molecule has 1 saturated heterocycles. The van der Waals surface area contributed by atoms with Gasteiger partial charge in [0.2, 0.25) is 0 Å². The molecule has 0 aromatic heterocycles. The van der Waals surface area contributed by atoms with Crippen LogP contribution in [0.15, 0.2) is 0 Å². The molecule has 2 aliphatic rings. The standard InChI is InChI=1S/C13H23N3O/c1-2-16-6-7-17-12(10-16)9-15-13-5-3-4-11(13)8-14/h11-13,15H,2-7,9-10H2,1H3. The van der Waals surface area contributed by atoms with Gasteiger partial charge in [0, 0.05) is 25.7 Å². The molecular weight excluding hydrogens is 214 g/mol. The van der Waals surface area contributed by atoms with E-state index in [2.05, 4.69) is 23.2 Å². The Morgan fingerprint density at radius 2 is 2.35 bits per heavy atom. The zero-order valence-electron chi connectivity index (χ0n) is 10.7. The first-order valence-corrected chi connectivity index (χ1v) is 6.80. The van der Waals surface area contributed by atoms with Crippen LogP contribution in [-0.4, -0.2) is 49.8 Å². The van der Waals surface area contributed by atoms with Gasteiger partial charge in [0.15, 0.2) is 0 Å². The van der Waals surface area contributed by atoms with Gasteiger partial charge in [0.25, 0.3) is 0 Å². The third-order valence-electron chi connectivity index (χ3n) is 3.96. The van der Waals surface area contributed by atoms with Crippen molar-refractivity contribution in [3.63, 3.8) is 0 Å². The van der Waals surface area contributed by atoms with Crippen LogP contribution in [0.1, 0.15) is 26.2 Å². The summed E-state index contributed by atoms with van der Waals surface area (Å²) >= 11 is 0. The van der Waals surface area contributed by atoms with E-state index in [9.17, 15) is 0 Å². The second kappa shape index (κ2) is 6.34. The van der Waals surface area contributed by atoms with Gasteiger partial charge >= 0.3 is 0 Å². The average molecular weight is 237 g/mol. The summed E-state index contributed by atoms with van der Waals surface area (Å²) in [7, 11) is 0. The highest BCUT2D eigenvalue weighted by atomic mass is 16.5. The van der Waals surface area contributed by atoms with Gasteiger partial charge in [-0.05, 0) is 19.4 Å². The molecule has 4 heteroatoms. The molecule has 3 unspecified atom stereocenters. The number of nitrogens with zero attached hydrogens (tertiary/aromatic N) is 2. The zero-order valence-corrected chi connectivity index (χ0v) is 10.7. The lowest BCUT2D eigenvalue weighted by Gasteiger charge is -2.33. The Balaban J connectivity index is 1.72. The Hall–Kier alpha value is -0.630. The van der Waals surface area contributed by atoms with Crippen molar-refractivity contribution in [2.45, 2.75) is 38.3 Å². The van der Waals surface area contributed by atoms with Crippen LogP contribution in [0.5, 0.6) is 0 Å². The Morgan fingerprint density at radius 3 is 3.12 bits per heavy atom. The molecule has 0 amide bonds. The molecule has 1 aliphatic carbocycles. The van der Waals surface area contributed by atoms with Crippen LogP contribution < -0.4 is 5.32 Å². The summed E-state index contributed by atoms with van der Waals surface area (Å²) in [6.45, 7) is 7.10. The van der Waals surface area contributed by atoms with Crippen molar-refractivity contribution in [1.29, 1.82) is 5.26 Å². The highest BCUT2D eigenvalue weighted by molar-refractivity contribution is 4.96. The maximum atomic E-state index is 9.02. The first kappa shape index (κ1) is 12.8. The first-order chi connectivity index (χ1) is 8.33. The molecule has 96 valence electrons. The van der Waals surface area contributed by atoms with E-state index >= 15 is 0 Å². The van der Waals surface area contributed by atoms with Crippen molar-refractivity contribution in [3.8, 4) is 6.07 Å². The SMILES string of the molecule is CCN1CCOC(CNC2CCCC2C#N)C1. The summed E-state index contributed by atoms with van der Waals surface area (Å²) in [6, 6.07) is 2.80. The largest absolute Gasteiger partial charge is 0.374 e. The van der Waals surface area contributed by atoms with Crippen LogP contribution in [0.2, 0.25) is 0 Å². The number of nitrogens with one attached hydrogen (secondary N) is 1.